The predicted octanol–water partition coefficient (Wildman–Crippen LogP) is 12.7. The number of hydrogen-bond donors (Lipinski definition) is 0. The van der Waals surface area contributed by atoms with Gasteiger partial charge in [0.05, 0.1) is 44.5 Å². The highest BCUT2D eigenvalue weighted by Crippen LogP contribution is 2.43. The summed E-state index contributed by atoms with van der Waals surface area (Å²) in [5.41, 5.74) is 11.8. The summed E-state index contributed by atoms with van der Waals surface area (Å²) in [6.45, 7) is 2.19. The van der Waals surface area contributed by atoms with Crippen LogP contribution in [0.15, 0.2) is 243 Å². The summed E-state index contributed by atoms with van der Waals surface area (Å²) >= 11 is 0. The Kier molecular flexibility index (Phi) is 8.45. The first-order chi connectivity index (χ1) is 32.2. The van der Waals surface area contributed by atoms with Crippen molar-refractivity contribution in [1.82, 2.24) is 13.7 Å². The number of fused-ring (bicyclic) bond motifs is 9. The fraction of sp³-hybridized carbons (Fsp3) is 0.0164. The van der Waals surface area contributed by atoms with E-state index in [4.69, 9.17) is 0 Å². The lowest BCUT2D eigenvalue weighted by Gasteiger charge is -2.34. The lowest BCUT2D eigenvalue weighted by atomic mass is 10.1. The van der Waals surface area contributed by atoms with Crippen LogP contribution < -0.4 is 20.7 Å². The van der Waals surface area contributed by atoms with Crippen molar-refractivity contribution in [2.45, 2.75) is 6.92 Å². The van der Waals surface area contributed by atoms with Crippen molar-refractivity contribution < 1.29 is 0 Å². The van der Waals surface area contributed by atoms with E-state index in [1.165, 1.54) is 97.4 Å². The maximum absolute atomic E-state index is 2.71. The zero-order chi connectivity index (χ0) is 43.1. The summed E-state index contributed by atoms with van der Waals surface area (Å²) in [5.74, 6) is 0. The Bertz CT molecular complexity index is 3840. The highest BCUT2D eigenvalue weighted by atomic mass is 28.3. The van der Waals surface area contributed by atoms with Gasteiger partial charge in [0.25, 0.3) is 0 Å². The van der Waals surface area contributed by atoms with Gasteiger partial charge in [-0.15, -0.1) is 0 Å². The first-order valence-corrected chi connectivity index (χ1v) is 24.5. The van der Waals surface area contributed by atoms with Crippen LogP contribution in [-0.4, -0.2) is 21.8 Å². The topological polar surface area (TPSA) is 14.8 Å². The molecule has 0 fully saturated rings. The standard InChI is InChI=1S/C61H43N3Si/c1-42-35-40-50-48-25-11-15-30-54(48)64(59(50)41-42)57-33-18-32-56-60(57)52-27-13-16-31-55(52)63(56)58-34-17-28-51-49-26-12-14-29-53(49)62(61(51)58)43-36-38-47(39-37-43)65(44-19-5-2-6-20-44,45-21-7-3-8-22-45)46-23-9-4-10-24-46/h2-41H,1H3. The zero-order valence-electron chi connectivity index (χ0n) is 35.9. The molecule has 3 heterocycles. The number of aromatic nitrogens is 3. The molecular weight excluding hydrogens is 803 g/mol. The molecule has 0 bridgehead atoms. The monoisotopic (exact) mass is 845 g/mol. The van der Waals surface area contributed by atoms with E-state index in [0.29, 0.717) is 0 Å². The fourth-order valence-electron chi connectivity index (χ4n) is 11.2. The number of benzene rings is 10. The molecule has 0 unspecified atom stereocenters. The normalized spacial score (nSPS) is 12.1. The van der Waals surface area contributed by atoms with Gasteiger partial charge in [-0.3, -0.25) is 0 Å². The second-order valence-electron chi connectivity index (χ2n) is 17.3. The quantitative estimate of drug-likeness (QED) is 0.112. The van der Waals surface area contributed by atoms with Crippen LogP contribution in [0.3, 0.4) is 0 Å². The lowest BCUT2D eigenvalue weighted by Crippen LogP contribution is -2.74. The third-order valence-electron chi connectivity index (χ3n) is 13.8. The van der Waals surface area contributed by atoms with Gasteiger partial charge in [-0.25, -0.2) is 0 Å². The Hall–Kier alpha value is -8.18. The Morgan fingerprint density at radius 3 is 1.35 bits per heavy atom. The van der Waals surface area contributed by atoms with Gasteiger partial charge in [-0.2, -0.15) is 0 Å². The van der Waals surface area contributed by atoms with E-state index in [9.17, 15) is 0 Å². The van der Waals surface area contributed by atoms with Gasteiger partial charge in [-0.1, -0.05) is 188 Å². The van der Waals surface area contributed by atoms with E-state index in [1.807, 2.05) is 0 Å². The van der Waals surface area contributed by atoms with Gasteiger partial charge in [0.15, 0.2) is 8.07 Å². The molecule has 0 spiro atoms. The molecule has 0 aliphatic heterocycles. The molecule has 0 amide bonds. The average molecular weight is 846 g/mol. The van der Waals surface area contributed by atoms with Gasteiger partial charge < -0.3 is 13.7 Å². The van der Waals surface area contributed by atoms with Crippen LogP contribution in [0.5, 0.6) is 0 Å². The van der Waals surface area contributed by atoms with Crippen LogP contribution >= 0.6 is 0 Å². The van der Waals surface area contributed by atoms with Gasteiger partial charge in [0.2, 0.25) is 0 Å². The SMILES string of the molecule is Cc1ccc2c3ccccc3n(-c3cccc4c3c3ccccc3n4-c3cccc4c5ccccc5n(-c5ccc([Si](c6ccccc6)(c6ccccc6)c6ccccc6)cc5)c34)c2c1. The molecule has 4 heteroatoms. The minimum absolute atomic E-state index is 1.13. The largest absolute Gasteiger partial charge is 0.309 e. The second-order valence-corrected chi connectivity index (χ2v) is 21.1. The Labute approximate surface area is 378 Å². The maximum atomic E-state index is 2.51. The maximum Gasteiger partial charge on any atom is 0.179 e. The molecule has 306 valence electrons. The Balaban J connectivity index is 1.08. The molecule has 13 aromatic rings. The van der Waals surface area contributed by atoms with Crippen LogP contribution in [-0.2, 0) is 0 Å². The van der Waals surface area contributed by atoms with E-state index in [-0.39, 0.29) is 0 Å². The van der Waals surface area contributed by atoms with Gasteiger partial charge in [0, 0.05) is 38.0 Å². The molecule has 0 N–H and O–H groups in total. The minimum atomic E-state index is -2.71. The van der Waals surface area contributed by atoms with Crippen molar-refractivity contribution in [3.8, 4) is 17.1 Å². The summed E-state index contributed by atoms with van der Waals surface area (Å²) in [4.78, 5) is 0. The average Bonchev–Trinajstić information content (AvgIpc) is 4.01. The molecule has 0 radical (unpaired) electrons. The van der Waals surface area contributed by atoms with Crippen LogP contribution in [0.25, 0.3) is 82.5 Å². The van der Waals surface area contributed by atoms with Crippen molar-refractivity contribution >= 4 is 94.2 Å². The molecule has 0 atom stereocenters. The van der Waals surface area contributed by atoms with Crippen molar-refractivity contribution in [3.63, 3.8) is 0 Å². The number of rotatable bonds is 7. The number of para-hydroxylation sites is 4. The van der Waals surface area contributed by atoms with E-state index in [0.717, 1.165) is 11.4 Å². The lowest BCUT2D eigenvalue weighted by molar-refractivity contribution is 1.13. The minimum Gasteiger partial charge on any atom is -0.309 e. The first-order valence-electron chi connectivity index (χ1n) is 22.5. The highest BCUT2D eigenvalue weighted by molar-refractivity contribution is 7.19. The fourth-order valence-corrected chi connectivity index (χ4v) is 15.9. The molecule has 10 aromatic carbocycles. The van der Waals surface area contributed by atoms with Crippen molar-refractivity contribution in [2.24, 2.45) is 0 Å². The van der Waals surface area contributed by atoms with E-state index < -0.39 is 8.07 Å². The molecular formula is C61H43N3Si. The van der Waals surface area contributed by atoms with E-state index >= 15 is 0 Å². The predicted molar refractivity (Wildman–Crippen MR) is 278 cm³/mol. The van der Waals surface area contributed by atoms with Gasteiger partial charge in [-0.05, 0) is 87.8 Å². The smallest absolute Gasteiger partial charge is 0.179 e. The van der Waals surface area contributed by atoms with Crippen molar-refractivity contribution in [3.05, 3.63) is 248 Å². The molecule has 3 nitrogen and oxygen atoms in total. The molecule has 65 heavy (non-hydrogen) atoms. The Morgan fingerprint density at radius 2 is 0.723 bits per heavy atom. The third-order valence-corrected chi connectivity index (χ3v) is 18.6. The summed E-state index contributed by atoms with van der Waals surface area (Å²) in [5, 5.41) is 12.9. The second kappa shape index (κ2) is 14.7. The number of hydrogen-bond acceptors (Lipinski definition) is 0. The molecule has 0 aliphatic carbocycles. The van der Waals surface area contributed by atoms with Crippen LogP contribution in [0, 0.1) is 6.92 Å². The number of nitrogens with zero attached hydrogens (tertiary/aromatic N) is 3. The molecule has 0 saturated carbocycles. The van der Waals surface area contributed by atoms with E-state index in [1.54, 1.807) is 0 Å². The summed E-state index contributed by atoms with van der Waals surface area (Å²) < 4.78 is 7.50. The zero-order valence-corrected chi connectivity index (χ0v) is 36.9. The summed E-state index contributed by atoms with van der Waals surface area (Å²) in [6.07, 6.45) is 0. The highest BCUT2D eigenvalue weighted by Gasteiger charge is 2.41. The summed E-state index contributed by atoms with van der Waals surface area (Å²) in [7, 11) is -2.71. The van der Waals surface area contributed by atoms with Crippen LogP contribution in [0.2, 0.25) is 0 Å². The van der Waals surface area contributed by atoms with Gasteiger partial charge in [0.1, 0.15) is 0 Å². The molecule has 13 rings (SSSR count). The number of aryl methyl sites for hydroxylation is 1. The molecule has 3 aromatic heterocycles. The first kappa shape index (κ1) is 37.4. The van der Waals surface area contributed by atoms with Crippen molar-refractivity contribution in [1.29, 1.82) is 0 Å². The van der Waals surface area contributed by atoms with Crippen LogP contribution in [0.1, 0.15) is 5.56 Å². The Morgan fingerprint density at radius 1 is 0.292 bits per heavy atom. The molecule has 0 saturated heterocycles. The third kappa shape index (κ3) is 5.48. The molecule has 0 aliphatic rings. The van der Waals surface area contributed by atoms with Gasteiger partial charge >= 0.3 is 0 Å². The summed E-state index contributed by atoms with van der Waals surface area (Å²) in [6, 6.07) is 90.3. The van der Waals surface area contributed by atoms with Crippen molar-refractivity contribution in [2.75, 3.05) is 0 Å². The van der Waals surface area contributed by atoms with Crippen LogP contribution in [0.4, 0.5) is 0 Å². The van der Waals surface area contributed by atoms with E-state index in [2.05, 4.69) is 263 Å².